The molecule has 0 bridgehead atoms. The van der Waals surface area contributed by atoms with E-state index in [1.54, 1.807) is 23.5 Å². The monoisotopic (exact) mass is 888 g/mol. The maximum Gasteiger partial charge on any atom is 1.00 e. The molecule has 2 aromatic carbocycles. The fourth-order valence-electron chi connectivity index (χ4n) is 7.30. The smallest absolute Gasteiger partial charge is 1.00 e. The molecule has 1 N–H and O–H groups in total. The van der Waals surface area contributed by atoms with E-state index in [-0.39, 0.29) is 96.4 Å². The molecule has 4 heterocycles. The molecule has 314 valence electrons. The molecule has 10 nitrogen and oxygen atoms in total. The number of benzene rings is 2. The van der Waals surface area contributed by atoms with Gasteiger partial charge in [0.15, 0.2) is 0 Å². The molecule has 10 unspecified atom stereocenters. The zero-order chi connectivity index (χ0) is 40.5. The van der Waals surface area contributed by atoms with Crippen molar-refractivity contribution < 1.29 is 77.3 Å². The van der Waals surface area contributed by atoms with Gasteiger partial charge in [0.05, 0.1) is 42.7 Å². The van der Waals surface area contributed by atoms with Gasteiger partial charge in [-0.1, -0.05) is 101 Å². The van der Waals surface area contributed by atoms with Crippen LogP contribution < -0.4 is 29.6 Å². The van der Waals surface area contributed by atoms with Gasteiger partial charge in [-0.2, -0.15) is 0 Å². The van der Waals surface area contributed by atoms with Crippen LogP contribution in [0.5, 0.6) is 0 Å². The van der Waals surface area contributed by atoms with Gasteiger partial charge in [-0.25, -0.2) is 9.13 Å². The van der Waals surface area contributed by atoms with Gasteiger partial charge in [0.2, 0.25) is 0 Å². The van der Waals surface area contributed by atoms with E-state index in [1.165, 1.54) is 0 Å². The standard InChI is InChI=1S/C20H31O5PS.C15H22O2S.C5H10ClO3P.Na.H/c1-6-18-15(4)16(5)19(20(22-18)27-17-10-8-7-9-11-17)25-26(21)23-13(2)12-14(3)24-26;1-4-13-10(2)11(3)14(16)15(17-13)18-12-8-6-5-7-9-12;1-4-3-5(2)9-10(6,7)8-4;;/h7-11,13-16,18-20H,6,12H2,1-5H3;5-11,13-16H,4H2,1-3H3;4-5H,3H2,1-2H3;;/q;;;+1;-1/t13-,14-,15?,16?,18?,19?,20?;;4-,5-;;/m1.1../s1. The zero-order valence-electron chi connectivity index (χ0n) is 35.9. The molecule has 4 saturated heterocycles. The number of hydrogen-bond donors (Lipinski definition) is 1. The third-order valence-electron chi connectivity index (χ3n) is 10.7. The van der Waals surface area contributed by atoms with Crippen molar-refractivity contribution in [3.05, 3.63) is 60.7 Å². The summed E-state index contributed by atoms with van der Waals surface area (Å²) in [7, 11) is -3.62. The Bertz CT molecular complexity index is 1520. The summed E-state index contributed by atoms with van der Waals surface area (Å²) in [5, 5.41) is 10.3. The Labute approximate surface area is 373 Å². The Morgan fingerprint density at radius 2 is 1.05 bits per heavy atom. The predicted molar refractivity (Wildman–Crippen MR) is 224 cm³/mol. The second-order valence-electron chi connectivity index (χ2n) is 15.3. The molecular weight excluding hydrogens is 825 g/mol. The molecule has 4 fully saturated rings. The Balaban J connectivity index is 0.000000322. The third kappa shape index (κ3) is 15.2. The maximum atomic E-state index is 13.2. The molecule has 16 heteroatoms. The fourth-order valence-corrected chi connectivity index (χ4v) is 13.5. The Morgan fingerprint density at radius 3 is 1.48 bits per heavy atom. The second-order valence-corrected chi connectivity index (χ2v) is 21.7. The summed E-state index contributed by atoms with van der Waals surface area (Å²) in [6.07, 6.45) is 2.59. The molecule has 6 rings (SSSR count). The van der Waals surface area contributed by atoms with E-state index in [1.807, 2.05) is 64.1 Å². The van der Waals surface area contributed by atoms with Gasteiger partial charge >= 0.3 is 44.3 Å². The first-order chi connectivity index (χ1) is 25.9. The van der Waals surface area contributed by atoms with E-state index in [4.69, 9.17) is 43.3 Å². The minimum atomic E-state index is -3.62. The van der Waals surface area contributed by atoms with E-state index < -0.39 is 20.9 Å². The molecule has 14 atom stereocenters. The SMILES string of the molecule is CCC1OC(Sc2ccccc2)C(O)C(C)C1C.CCC1OC(Sc2ccccc2)C(OP2(=O)O[C@H](C)C[C@@H](C)O2)C(C)C1C.C[C@@H]1C[C@@H](C)OP(=O)(Cl)O1.[H-].[Na+]. The van der Waals surface area contributed by atoms with Crippen LogP contribution in [0.15, 0.2) is 70.5 Å². The number of aliphatic hydroxyl groups is 1. The van der Waals surface area contributed by atoms with E-state index in [0.717, 1.165) is 29.1 Å². The fraction of sp³-hybridized carbons (Fsp3) is 0.700. The van der Waals surface area contributed by atoms with E-state index >= 15 is 0 Å². The second kappa shape index (κ2) is 23.7. The molecule has 0 spiro atoms. The Hall–Kier alpha value is 0.570. The summed E-state index contributed by atoms with van der Waals surface area (Å²) in [6, 6.07) is 20.2. The summed E-state index contributed by atoms with van der Waals surface area (Å²) < 4.78 is 63.6. The molecule has 0 amide bonds. The van der Waals surface area contributed by atoms with Crippen molar-refractivity contribution in [1.82, 2.24) is 0 Å². The van der Waals surface area contributed by atoms with Crippen molar-refractivity contribution in [2.75, 3.05) is 0 Å². The zero-order valence-corrected chi connectivity index (χ0v) is 41.1. The van der Waals surface area contributed by atoms with Crippen molar-refractivity contribution in [2.45, 2.75) is 164 Å². The average molecular weight is 889 g/mol. The van der Waals surface area contributed by atoms with E-state index in [2.05, 4.69) is 65.8 Å². The van der Waals surface area contributed by atoms with Gasteiger partial charge in [-0.15, -0.1) is 0 Å². The summed E-state index contributed by atoms with van der Waals surface area (Å²) in [4.78, 5) is 2.25. The third-order valence-corrected chi connectivity index (χ3v) is 16.4. The molecule has 56 heavy (non-hydrogen) atoms. The molecular formula is C40H64ClNaO10P2S2. The predicted octanol–water partition coefficient (Wildman–Crippen LogP) is 9.10. The van der Waals surface area contributed by atoms with Crippen LogP contribution in [0.1, 0.15) is 96.3 Å². The number of rotatable bonds is 8. The first kappa shape index (κ1) is 50.9. The quantitative estimate of drug-likeness (QED) is 0.201. The van der Waals surface area contributed by atoms with Crippen LogP contribution in [0.4, 0.5) is 0 Å². The van der Waals surface area contributed by atoms with Crippen LogP contribution in [0, 0.1) is 23.7 Å². The van der Waals surface area contributed by atoms with Crippen molar-refractivity contribution in [1.29, 1.82) is 0 Å². The number of aliphatic hydroxyl groups excluding tert-OH is 1. The van der Waals surface area contributed by atoms with Crippen LogP contribution >= 0.6 is 49.5 Å². The van der Waals surface area contributed by atoms with Crippen LogP contribution in [-0.4, -0.2) is 64.8 Å². The molecule has 0 aromatic heterocycles. The number of phosphoric acid groups is 1. The first-order valence-corrected chi connectivity index (χ1v) is 25.3. The number of ether oxygens (including phenoxy) is 2. The Morgan fingerprint density at radius 1 is 0.661 bits per heavy atom. The number of thioether (sulfide) groups is 2. The van der Waals surface area contributed by atoms with Crippen LogP contribution in [-0.2, 0) is 41.2 Å². The van der Waals surface area contributed by atoms with E-state index in [9.17, 15) is 14.2 Å². The van der Waals surface area contributed by atoms with Crippen molar-refractivity contribution in [3.8, 4) is 0 Å². The number of hydrogen-bond acceptors (Lipinski definition) is 12. The van der Waals surface area contributed by atoms with Gasteiger partial charge in [0.25, 0.3) is 0 Å². The Kier molecular flexibility index (Phi) is 21.5. The van der Waals surface area contributed by atoms with Gasteiger partial charge < -0.3 is 16.0 Å². The minimum absolute atomic E-state index is 0. The molecule has 2 aromatic rings. The van der Waals surface area contributed by atoms with Crippen LogP contribution in [0.2, 0.25) is 0 Å². The van der Waals surface area contributed by atoms with Gasteiger partial charge in [-0.05, 0) is 88.5 Å². The summed E-state index contributed by atoms with van der Waals surface area (Å²) in [5.74, 6) is 1.15. The number of phosphoric ester groups is 1. The average Bonchev–Trinajstić information content (AvgIpc) is 3.11. The van der Waals surface area contributed by atoms with Crippen LogP contribution in [0.25, 0.3) is 0 Å². The largest absolute Gasteiger partial charge is 1.00 e. The minimum Gasteiger partial charge on any atom is -1.00 e. The molecule has 4 aliphatic heterocycles. The van der Waals surface area contributed by atoms with Gasteiger partial charge in [0.1, 0.15) is 17.0 Å². The molecule has 0 aliphatic carbocycles. The maximum absolute atomic E-state index is 13.2. The van der Waals surface area contributed by atoms with Crippen molar-refractivity contribution >= 4 is 49.5 Å². The molecule has 0 saturated carbocycles. The number of halogens is 1. The van der Waals surface area contributed by atoms with Gasteiger partial charge in [0, 0.05) is 33.9 Å². The summed E-state index contributed by atoms with van der Waals surface area (Å²) in [5.41, 5.74) is -0.419. The topological polar surface area (TPSA) is 119 Å². The summed E-state index contributed by atoms with van der Waals surface area (Å²) in [6.45, 7) is 17.1. The van der Waals surface area contributed by atoms with Crippen LogP contribution in [0.3, 0.4) is 0 Å². The normalized spacial score (nSPS) is 41.1. The first-order valence-electron chi connectivity index (χ1n) is 19.7. The molecule has 0 radical (unpaired) electrons. The molecule has 4 aliphatic rings. The van der Waals surface area contributed by atoms with Gasteiger partial charge in [-0.3, -0.25) is 22.6 Å². The van der Waals surface area contributed by atoms with Crippen molar-refractivity contribution in [2.24, 2.45) is 23.7 Å². The van der Waals surface area contributed by atoms with Crippen molar-refractivity contribution in [3.63, 3.8) is 0 Å². The van der Waals surface area contributed by atoms with E-state index in [0.29, 0.717) is 18.3 Å². The summed E-state index contributed by atoms with van der Waals surface area (Å²) >= 11 is 8.61.